The second-order valence-electron chi connectivity index (χ2n) is 12.9. The van der Waals surface area contributed by atoms with E-state index in [0.29, 0.717) is 50.9 Å². The number of anilines is 1. The van der Waals surface area contributed by atoms with Gasteiger partial charge in [-0.25, -0.2) is 16.8 Å². The number of hydrogen-bond acceptors (Lipinski definition) is 7. The number of carbonyl (C=O) groups is 1. The highest BCUT2D eigenvalue weighted by atomic mass is 32.2. The van der Waals surface area contributed by atoms with Crippen molar-refractivity contribution < 1.29 is 31.8 Å². The molecule has 258 valence electrons. The van der Waals surface area contributed by atoms with Gasteiger partial charge in [0.2, 0.25) is 20.0 Å². The Hall–Kier alpha value is -4.23. The molecule has 2 aliphatic rings. The van der Waals surface area contributed by atoms with Gasteiger partial charge in [0, 0.05) is 37.9 Å². The van der Waals surface area contributed by atoms with Crippen molar-refractivity contribution in [3.05, 3.63) is 114 Å². The first-order valence-electron chi connectivity index (χ1n) is 16.6. The molecule has 49 heavy (non-hydrogen) atoms. The smallest absolute Gasteiger partial charge is 0.259 e. The zero-order valence-corrected chi connectivity index (χ0v) is 28.7. The Morgan fingerprint density at radius 1 is 0.633 bits per heavy atom. The third-order valence-electron chi connectivity index (χ3n) is 9.58. The van der Waals surface area contributed by atoms with Crippen LogP contribution >= 0.6 is 0 Å². The van der Waals surface area contributed by atoms with E-state index in [-0.39, 0.29) is 15.5 Å². The van der Waals surface area contributed by atoms with E-state index in [0.717, 1.165) is 37.8 Å². The highest BCUT2D eigenvalue weighted by molar-refractivity contribution is 7.89. The predicted molar refractivity (Wildman–Crippen MR) is 187 cm³/mol. The molecule has 1 amide bonds. The predicted octanol–water partition coefficient (Wildman–Crippen LogP) is 5.64. The summed E-state index contributed by atoms with van der Waals surface area (Å²) in [5.41, 5.74) is 2.26. The first kappa shape index (κ1) is 34.6. The quantitative estimate of drug-likeness (QED) is 0.182. The highest BCUT2D eigenvalue weighted by Gasteiger charge is 2.32. The maximum atomic E-state index is 13.6. The summed E-state index contributed by atoms with van der Waals surface area (Å²) < 4.78 is 56.7. The first-order chi connectivity index (χ1) is 23.5. The minimum atomic E-state index is -4.07. The van der Waals surface area contributed by atoms with Gasteiger partial charge in [0.05, 0.1) is 15.4 Å². The van der Waals surface area contributed by atoms with Crippen molar-refractivity contribution in [1.29, 1.82) is 0 Å². The number of phenolic OH excluding ortho intramolecular Hbond substituents is 2. The van der Waals surface area contributed by atoms with Crippen LogP contribution < -0.4 is 5.32 Å². The van der Waals surface area contributed by atoms with Crippen molar-refractivity contribution in [2.45, 2.75) is 48.3 Å². The molecule has 0 aromatic heterocycles. The number of sulfonamides is 2. The summed E-state index contributed by atoms with van der Waals surface area (Å²) in [4.78, 5) is 13.0. The van der Waals surface area contributed by atoms with Crippen LogP contribution in [0, 0.1) is 11.8 Å². The molecule has 2 fully saturated rings. The van der Waals surface area contributed by atoms with Gasteiger partial charge in [-0.3, -0.25) is 4.79 Å². The van der Waals surface area contributed by atoms with Crippen LogP contribution in [0.25, 0.3) is 0 Å². The van der Waals surface area contributed by atoms with Crippen molar-refractivity contribution in [2.75, 3.05) is 31.5 Å². The molecule has 0 radical (unpaired) electrons. The van der Waals surface area contributed by atoms with Crippen LogP contribution in [0.4, 0.5) is 5.69 Å². The molecule has 12 heteroatoms. The molecule has 0 aliphatic carbocycles. The lowest BCUT2D eigenvalue weighted by Gasteiger charge is -2.31. The number of benzene rings is 4. The molecule has 4 aromatic rings. The van der Waals surface area contributed by atoms with E-state index in [4.69, 9.17) is 0 Å². The molecule has 0 atom stereocenters. The van der Waals surface area contributed by atoms with Crippen LogP contribution in [-0.2, 0) is 32.9 Å². The Kier molecular flexibility index (Phi) is 10.4. The summed E-state index contributed by atoms with van der Waals surface area (Å²) >= 11 is 0. The maximum absolute atomic E-state index is 13.6. The lowest BCUT2D eigenvalue weighted by Crippen LogP contribution is -2.39. The van der Waals surface area contributed by atoms with Crippen LogP contribution in [0.1, 0.15) is 47.2 Å². The molecule has 0 saturated carbocycles. The average molecular weight is 704 g/mol. The Labute approximate surface area is 288 Å². The largest absolute Gasteiger partial charge is 0.504 e. The third kappa shape index (κ3) is 7.99. The van der Waals surface area contributed by atoms with Crippen LogP contribution in [0.3, 0.4) is 0 Å². The summed E-state index contributed by atoms with van der Waals surface area (Å²) in [6.07, 6.45) is 4.65. The van der Waals surface area contributed by atoms with Gasteiger partial charge in [-0.2, -0.15) is 8.61 Å². The van der Waals surface area contributed by atoms with Crippen LogP contribution in [0.2, 0.25) is 0 Å². The lowest BCUT2D eigenvalue weighted by atomic mass is 9.91. The third-order valence-corrected chi connectivity index (χ3v) is 13.4. The molecule has 0 spiro atoms. The zero-order chi connectivity index (χ0) is 34.6. The van der Waals surface area contributed by atoms with Gasteiger partial charge in [0.15, 0.2) is 11.5 Å². The van der Waals surface area contributed by atoms with Crippen molar-refractivity contribution in [3.8, 4) is 11.5 Å². The first-order valence-corrected chi connectivity index (χ1v) is 19.4. The van der Waals surface area contributed by atoms with E-state index in [2.05, 4.69) is 29.6 Å². The Morgan fingerprint density at radius 2 is 1.08 bits per heavy atom. The summed E-state index contributed by atoms with van der Waals surface area (Å²) in [6.45, 7) is 1.44. The molecule has 0 bridgehead atoms. The molecule has 6 rings (SSSR count). The Bertz CT molecular complexity index is 1970. The molecule has 0 unspecified atom stereocenters. The van der Waals surface area contributed by atoms with E-state index in [1.54, 1.807) is 0 Å². The fourth-order valence-corrected chi connectivity index (χ4v) is 9.71. The molecule has 10 nitrogen and oxygen atoms in total. The topological polar surface area (TPSA) is 144 Å². The van der Waals surface area contributed by atoms with Gasteiger partial charge in [-0.15, -0.1) is 0 Å². The SMILES string of the molecule is O=C(Nc1ccc(S(=O)(=O)N2CCC(Cc3ccccc3)CC2)cc1)c1cc(S(=O)(=O)N2CCC(Cc3ccccc3)CC2)cc(O)c1O. The lowest BCUT2D eigenvalue weighted by molar-refractivity contribution is 0.102. The Balaban J connectivity index is 1.08. The fourth-order valence-electron chi connectivity index (χ4n) is 6.72. The number of aromatic hydroxyl groups is 2. The molecule has 4 aromatic carbocycles. The summed E-state index contributed by atoms with van der Waals surface area (Å²) in [7, 11) is -7.81. The second kappa shape index (κ2) is 14.7. The molecule has 3 N–H and O–H groups in total. The van der Waals surface area contributed by atoms with E-state index in [1.165, 1.54) is 44.0 Å². The number of amides is 1. The zero-order valence-electron chi connectivity index (χ0n) is 27.1. The van der Waals surface area contributed by atoms with Crippen molar-refractivity contribution >= 4 is 31.6 Å². The van der Waals surface area contributed by atoms with Crippen molar-refractivity contribution in [1.82, 2.24) is 8.61 Å². The summed E-state index contributed by atoms with van der Waals surface area (Å²) in [5, 5.41) is 23.5. The van der Waals surface area contributed by atoms with Gasteiger partial charge in [-0.05, 0) is 91.8 Å². The number of nitrogens with zero attached hydrogens (tertiary/aromatic N) is 2. The summed E-state index contributed by atoms with van der Waals surface area (Å²) in [5.74, 6) is -1.61. The van der Waals surface area contributed by atoms with Gasteiger partial charge < -0.3 is 15.5 Å². The number of piperidine rings is 2. The molecule has 2 aliphatic heterocycles. The minimum Gasteiger partial charge on any atom is -0.504 e. The normalized spacial score (nSPS) is 17.1. The monoisotopic (exact) mass is 703 g/mol. The fraction of sp³-hybridized carbons (Fsp3) is 0.324. The van der Waals surface area contributed by atoms with E-state index >= 15 is 0 Å². The van der Waals surface area contributed by atoms with E-state index in [9.17, 15) is 31.8 Å². The maximum Gasteiger partial charge on any atom is 0.259 e. The standard InChI is InChI=1S/C37H41N3O7S2/c41-35-26-33(49(46,47)40-21-17-30(18-22-40)24-28-9-5-2-6-10-28)25-34(36(35)42)37(43)38-31-11-13-32(14-12-31)48(44,45)39-19-15-29(16-20-39)23-27-7-3-1-4-8-27/h1-14,25-26,29-30,41-42H,15-24H2,(H,38,43). The number of hydrogen-bond donors (Lipinski definition) is 3. The highest BCUT2D eigenvalue weighted by Crippen LogP contribution is 2.35. The van der Waals surface area contributed by atoms with Gasteiger partial charge in [-0.1, -0.05) is 60.7 Å². The van der Waals surface area contributed by atoms with Crippen molar-refractivity contribution in [2.24, 2.45) is 11.8 Å². The minimum absolute atomic E-state index is 0.0909. The van der Waals surface area contributed by atoms with E-state index < -0.39 is 43.0 Å². The van der Waals surface area contributed by atoms with Gasteiger partial charge >= 0.3 is 0 Å². The average Bonchev–Trinajstić information content (AvgIpc) is 3.11. The van der Waals surface area contributed by atoms with Crippen LogP contribution in [0.5, 0.6) is 11.5 Å². The molecule has 2 saturated heterocycles. The van der Waals surface area contributed by atoms with Crippen LogP contribution in [-0.4, -0.2) is 67.7 Å². The van der Waals surface area contributed by atoms with Crippen molar-refractivity contribution in [3.63, 3.8) is 0 Å². The van der Waals surface area contributed by atoms with Gasteiger partial charge in [0.1, 0.15) is 0 Å². The number of carbonyl (C=O) groups excluding carboxylic acids is 1. The molecule has 2 heterocycles. The number of phenols is 2. The number of nitrogens with one attached hydrogen (secondary N) is 1. The molecular weight excluding hydrogens is 663 g/mol. The van der Waals surface area contributed by atoms with Crippen LogP contribution in [0.15, 0.2) is 107 Å². The number of rotatable bonds is 10. The Morgan fingerprint density at radius 3 is 1.55 bits per heavy atom. The van der Waals surface area contributed by atoms with Gasteiger partial charge in [0.25, 0.3) is 5.91 Å². The molecular formula is C37H41N3O7S2. The van der Waals surface area contributed by atoms with E-state index in [1.807, 2.05) is 36.4 Å². The second-order valence-corrected chi connectivity index (χ2v) is 16.8. The summed E-state index contributed by atoms with van der Waals surface area (Å²) in [6, 6.07) is 27.9.